The van der Waals surface area contributed by atoms with Crippen LogP contribution in [0.3, 0.4) is 0 Å². The van der Waals surface area contributed by atoms with Crippen LogP contribution in [-0.2, 0) is 14.8 Å². The average molecular weight is 322 g/mol. The van der Waals surface area contributed by atoms with Crippen molar-refractivity contribution in [1.29, 1.82) is 0 Å². The zero-order chi connectivity index (χ0) is 13.1. The van der Waals surface area contributed by atoms with Gasteiger partial charge in [-0.3, -0.25) is 4.79 Å². The third-order valence-corrected chi connectivity index (χ3v) is 3.48. The highest BCUT2D eigenvalue weighted by Crippen LogP contribution is 2.25. The first-order valence-electron chi connectivity index (χ1n) is 4.67. The van der Waals surface area contributed by atoms with Crippen molar-refractivity contribution in [3.05, 3.63) is 22.7 Å². The first-order valence-corrected chi connectivity index (χ1v) is 7.01. The second-order valence-electron chi connectivity index (χ2n) is 3.27. The summed E-state index contributed by atoms with van der Waals surface area (Å²) in [4.78, 5) is 11.3. The Morgan fingerprint density at radius 3 is 2.53 bits per heavy atom. The molecule has 94 valence electrons. The standard InChI is InChI=1S/C9H12BrN3O3S/c10-7-5-6(17(12,15)16)1-2-8(7)13-9(14)3-4-11/h1-2,5H,3-4,11H2,(H,13,14)(H2,12,15,16). The molecule has 0 bridgehead atoms. The minimum absolute atomic E-state index is 0.0267. The molecule has 1 aromatic rings. The van der Waals surface area contributed by atoms with E-state index in [0.29, 0.717) is 10.2 Å². The third kappa shape index (κ3) is 4.08. The van der Waals surface area contributed by atoms with Crippen molar-refractivity contribution in [2.24, 2.45) is 10.9 Å². The van der Waals surface area contributed by atoms with E-state index in [-0.39, 0.29) is 23.8 Å². The average Bonchev–Trinajstić information content (AvgIpc) is 2.20. The number of carbonyl (C=O) groups is 1. The molecular formula is C9H12BrN3O3S. The zero-order valence-electron chi connectivity index (χ0n) is 8.81. The summed E-state index contributed by atoms with van der Waals surface area (Å²) in [7, 11) is -3.74. The van der Waals surface area contributed by atoms with Crippen LogP contribution in [-0.4, -0.2) is 20.9 Å². The summed E-state index contributed by atoms with van der Waals surface area (Å²) < 4.78 is 22.6. The van der Waals surface area contributed by atoms with Crippen LogP contribution < -0.4 is 16.2 Å². The van der Waals surface area contributed by atoms with Gasteiger partial charge in [0.05, 0.1) is 10.6 Å². The quantitative estimate of drug-likeness (QED) is 0.743. The molecule has 0 aromatic heterocycles. The van der Waals surface area contributed by atoms with E-state index in [9.17, 15) is 13.2 Å². The predicted octanol–water partition coefficient (Wildman–Crippen LogP) is 0.384. The van der Waals surface area contributed by atoms with Crippen LogP contribution in [0.15, 0.2) is 27.6 Å². The number of halogens is 1. The van der Waals surface area contributed by atoms with E-state index < -0.39 is 10.0 Å². The number of amides is 1. The van der Waals surface area contributed by atoms with Crippen molar-refractivity contribution in [3.8, 4) is 0 Å². The van der Waals surface area contributed by atoms with Crippen LogP contribution in [0, 0.1) is 0 Å². The number of hydrogen-bond acceptors (Lipinski definition) is 4. The highest BCUT2D eigenvalue weighted by Gasteiger charge is 2.11. The Morgan fingerprint density at radius 1 is 1.41 bits per heavy atom. The molecule has 5 N–H and O–H groups in total. The van der Waals surface area contributed by atoms with Crippen LogP contribution in [0.1, 0.15) is 6.42 Å². The van der Waals surface area contributed by atoms with Gasteiger partial charge in [0.25, 0.3) is 0 Å². The fraction of sp³-hybridized carbons (Fsp3) is 0.222. The molecular weight excluding hydrogens is 310 g/mol. The lowest BCUT2D eigenvalue weighted by Gasteiger charge is -2.08. The van der Waals surface area contributed by atoms with Crippen molar-refractivity contribution < 1.29 is 13.2 Å². The summed E-state index contributed by atoms with van der Waals surface area (Å²) in [5, 5.41) is 7.56. The molecule has 0 saturated carbocycles. The van der Waals surface area contributed by atoms with E-state index in [1.807, 2.05) is 0 Å². The lowest BCUT2D eigenvalue weighted by molar-refractivity contribution is -0.116. The number of rotatable bonds is 4. The van der Waals surface area contributed by atoms with Gasteiger partial charge in [0.2, 0.25) is 15.9 Å². The van der Waals surface area contributed by atoms with Crippen molar-refractivity contribution in [2.75, 3.05) is 11.9 Å². The van der Waals surface area contributed by atoms with Gasteiger partial charge in [-0.15, -0.1) is 0 Å². The van der Waals surface area contributed by atoms with Gasteiger partial charge in [0.1, 0.15) is 0 Å². The van der Waals surface area contributed by atoms with Gasteiger partial charge in [0, 0.05) is 17.4 Å². The van der Waals surface area contributed by atoms with E-state index in [2.05, 4.69) is 21.2 Å². The summed E-state index contributed by atoms with van der Waals surface area (Å²) >= 11 is 3.15. The van der Waals surface area contributed by atoms with E-state index >= 15 is 0 Å². The van der Waals surface area contributed by atoms with Crippen LogP contribution in [0.4, 0.5) is 5.69 Å². The maximum atomic E-state index is 11.3. The molecule has 6 nitrogen and oxygen atoms in total. The van der Waals surface area contributed by atoms with E-state index in [1.54, 1.807) is 0 Å². The smallest absolute Gasteiger partial charge is 0.238 e. The summed E-state index contributed by atoms with van der Waals surface area (Å²) in [5.74, 6) is -0.239. The van der Waals surface area contributed by atoms with Gasteiger partial charge in [0.15, 0.2) is 0 Å². The lowest BCUT2D eigenvalue weighted by atomic mass is 10.3. The maximum Gasteiger partial charge on any atom is 0.238 e. The molecule has 0 unspecified atom stereocenters. The number of sulfonamides is 1. The van der Waals surface area contributed by atoms with Crippen molar-refractivity contribution in [1.82, 2.24) is 0 Å². The molecule has 8 heteroatoms. The third-order valence-electron chi connectivity index (χ3n) is 1.91. The van der Waals surface area contributed by atoms with Crippen molar-refractivity contribution in [3.63, 3.8) is 0 Å². The fourth-order valence-corrected chi connectivity index (χ4v) is 2.29. The molecule has 0 saturated heterocycles. The minimum atomic E-state index is -3.74. The van der Waals surface area contributed by atoms with Gasteiger partial charge in [-0.25, -0.2) is 13.6 Å². The Bertz CT molecular complexity index is 530. The number of anilines is 1. The highest BCUT2D eigenvalue weighted by molar-refractivity contribution is 9.10. The lowest BCUT2D eigenvalue weighted by Crippen LogP contribution is -2.17. The molecule has 0 aliphatic heterocycles. The number of nitrogens with two attached hydrogens (primary N) is 2. The molecule has 0 heterocycles. The number of primary sulfonamides is 1. The van der Waals surface area contributed by atoms with Crippen LogP contribution in [0.2, 0.25) is 0 Å². The molecule has 0 radical (unpaired) electrons. The highest BCUT2D eigenvalue weighted by atomic mass is 79.9. The van der Waals surface area contributed by atoms with Crippen LogP contribution >= 0.6 is 15.9 Å². The number of benzene rings is 1. The number of carbonyl (C=O) groups excluding carboxylic acids is 1. The molecule has 0 aliphatic carbocycles. The molecule has 1 aromatic carbocycles. The summed E-state index contributed by atoms with van der Waals surface area (Å²) in [6.45, 7) is 0.249. The van der Waals surface area contributed by atoms with Gasteiger partial charge in [-0.2, -0.15) is 0 Å². The van der Waals surface area contributed by atoms with E-state index in [1.165, 1.54) is 18.2 Å². The Hall–Kier alpha value is -0.960. The number of nitrogens with one attached hydrogen (secondary N) is 1. The fourth-order valence-electron chi connectivity index (χ4n) is 1.12. The topological polar surface area (TPSA) is 115 Å². The normalized spacial score (nSPS) is 11.2. The zero-order valence-corrected chi connectivity index (χ0v) is 11.2. The van der Waals surface area contributed by atoms with Crippen molar-refractivity contribution >= 4 is 37.5 Å². The maximum absolute atomic E-state index is 11.3. The number of hydrogen-bond donors (Lipinski definition) is 3. The predicted molar refractivity (Wildman–Crippen MR) is 67.8 cm³/mol. The first kappa shape index (κ1) is 14.1. The molecule has 1 rings (SSSR count). The Morgan fingerprint density at radius 2 is 2.06 bits per heavy atom. The first-order chi connectivity index (χ1) is 7.84. The summed E-state index contributed by atoms with van der Waals surface area (Å²) in [6, 6.07) is 4.10. The van der Waals surface area contributed by atoms with Crippen LogP contribution in [0.5, 0.6) is 0 Å². The van der Waals surface area contributed by atoms with Gasteiger partial charge in [-0.05, 0) is 34.1 Å². The van der Waals surface area contributed by atoms with Gasteiger partial charge >= 0.3 is 0 Å². The molecule has 0 atom stereocenters. The second-order valence-corrected chi connectivity index (χ2v) is 5.69. The molecule has 0 fully saturated rings. The van der Waals surface area contributed by atoms with E-state index in [4.69, 9.17) is 10.9 Å². The van der Waals surface area contributed by atoms with Gasteiger partial charge < -0.3 is 11.1 Å². The minimum Gasteiger partial charge on any atom is -0.330 e. The SMILES string of the molecule is NCCC(=O)Nc1ccc(S(N)(=O)=O)cc1Br. The molecule has 1 amide bonds. The monoisotopic (exact) mass is 321 g/mol. The van der Waals surface area contributed by atoms with Gasteiger partial charge in [-0.1, -0.05) is 0 Å². The molecule has 17 heavy (non-hydrogen) atoms. The summed E-state index contributed by atoms with van der Waals surface area (Å²) in [5.41, 5.74) is 5.70. The molecule has 0 spiro atoms. The van der Waals surface area contributed by atoms with Crippen LogP contribution in [0.25, 0.3) is 0 Å². The Balaban J connectivity index is 2.95. The Labute approximate surface area is 108 Å². The molecule has 0 aliphatic rings. The second kappa shape index (κ2) is 5.58. The Kier molecular flexibility index (Phi) is 4.63. The largest absolute Gasteiger partial charge is 0.330 e. The van der Waals surface area contributed by atoms with Crippen molar-refractivity contribution in [2.45, 2.75) is 11.3 Å². The van der Waals surface area contributed by atoms with E-state index in [0.717, 1.165) is 0 Å². The summed E-state index contributed by atoms with van der Waals surface area (Å²) in [6.07, 6.45) is 0.198.